The fourth-order valence-electron chi connectivity index (χ4n) is 3.48. The van der Waals surface area contributed by atoms with E-state index < -0.39 is 11.4 Å². The summed E-state index contributed by atoms with van der Waals surface area (Å²) in [5.41, 5.74) is 0.391. The number of methoxy groups -OCH3 is 1. The highest BCUT2D eigenvalue weighted by Gasteiger charge is 2.42. The van der Waals surface area contributed by atoms with Crippen molar-refractivity contribution in [1.29, 1.82) is 0 Å². The molecule has 0 radical (unpaired) electrons. The van der Waals surface area contributed by atoms with Crippen LogP contribution in [0.3, 0.4) is 0 Å². The molecular weight excluding hydrogens is 252 g/mol. The van der Waals surface area contributed by atoms with Gasteiger partial charge in [-0.2, -0.15) is 0 Å². The van der Waals surface area contributed by atoms with E-state index in [0.717, 1.165) is 43.4 Å². The molecule has 1 aliphatic rings. The molecule has 0 bridgehead atoms. The molecule has 2 atom stereocenters. The van der Waals surface area contributed by atoms with Crippen LogP contribution in [-0.4, -0.2) is 18.2 Å². The largest absolute Gasteiger partial charge is 0.496 e. The number of hydrogen-bond acceptors (Lipinski definition) is 2. The van der Waals surface area contributed by atoms with E-state index in [0.29, 0.717) is 12.3 Å². The Bertz CT molecular complexity index is 469. The van der Waals surface area contributed by atoms with Gasteiger partial charge in [-0.15, -0.1) is 0 Å². The lowest BCUT2D eigenvalue weighted by Crippen LogP contribution is -2.38. The van der Waals surface area contributed by atoms with Crippen molar-refractivity contribution in [3.8, 4) is 5.75 Å². The fourth-order valence-corrected chi connectivity index (χ4v) is 3.48. The third kappa shape index (κ3) is 2.97. The Kier molecular flexibility index (Phi) is 4.69. The topological polar surface area (TPSA) is 46.5 Å². The first-order chi connectivity index (χ1) is 9.61. The van der Waals surface area contributed by atoms with Gasteiger partial charge >= 0.3 is 5.97 Å². The minimum Gasteiger partial charge on any atom is -0.496 e. The molecule has 3 heteroatoms. The minimum atomic E-state index is -0.651. The summed E-state index contributed by atoms with van der Waals surface area (Å²) in [7, 11) is 1.64. The van der Waals surface area contributed by atoms with E-state index in [9.17, 15) is 9.90 Å². The van der Waals surface area contributed by atoms with Gasteiger partial charge in [-0.3, -0.25) is 4.79 Å². The lowest BCUT2D eigenvalue weighted by atomic mass is 9.66. The van der Waals surface area contributed by atoms with Gasteiger partial charge in [0.05, 0.1) is 12.5 Å². The Balaban J connectivity index is 2.27. The molecule has 2 unspecified atom stereocenters. The summed E-state index contributed by atoms with van der Waals surface area (Å²) in [6.07, 6.45) is 5.38. The maximum Gasteiger partial charge on any atom is 0.309 e. The van der Waals surface area contributed by atoms with Crippen molar-refractivity contribution in [3.63, 3.8) is 0 Å². The number of aliphatic carboxylic acids is 1. The summed E-state index contributed by atoms with van der Waals surface area (Å²) in [6, 6.07) is 7.77. The summed E-state index contributed by atoms with van der Waals surface area (Å²) in [5.74, 6) is 0.683. The number of ether oxygens (including phenoxy) is 1. The zero-order valence-corrected chi connectivity index (χ0v) is 12.4. The number of carbonyl (C=O) groups is 1. The van der Waals surface area contributed by atoms with Crippen molar-refractivity contribution >= 4 is 5.97 Å². The van der Waals surface area contributed by atoms with E-state index >= 15 is 0 Å². The Labute approximate surface area is 121 Å². The Hall–Kier alpha value is -1.51. The average molecular weight is 276 g/mol. The molecule has 2 rings (SSSR count). The van der Waals surface area contributed by atoms with E-state index in [2.05, 4.69) is 6.92 Å². The molecule has 1 N–H and O–H groups in total. The van der Waals surface area contributed by atoms with Crippen LogP contribution in [0.25, 0.3) is 0 Å². The van der Waals surface area contributed by atoms with E-state index in [1.807, 2.05) is 24.3 Å². The number of rotatable bonds is 5. The van der Waals surface area contributed by atoms with Gasteiger partial charge in [0.1, 0.15) is 5.75 Å². The predicted octanol–water partition coefficient (Wildman–Crippen LogP) is 3.91. The number of carboxylic acids is 1. The zero-order chi connectivity index (χ0) is 14.6. The molecule has 1 fully saturated rings. The van der Waals surface area contributed by atoms with Crippen LogP contribution in [0.1, 0.15) is 44.6 Å². The van der Waals surface area contributed by atoms with Crippen LogP contribution in [-0.2, 0) is 11.2 Å². The lowest BCUT2D eigenvalue weighted by Gasteiger charge is -2.37. The van der Waals surface area contributed by atoms with E-state index in [4.69, 9.17) is 4.74 Å². The third-order valence-corrected chi connectivity index (χ3v) is 4.70. The maximum atomic E-state index is 11.9. The Morgan fingerprint density at radius 3 is 2.85 bits per heavy atom. The summed E-state index contributed by atoms with van der Waals surface area (Å²) >= 11 is 0. The van der Waals surface area contributed by atoms with Crippen LogP contribution in [0.5, 0.6) is 5.75 Å². The second-order valence-electron chi connectivity index (χ2n) is 5.94. The Morgan fingerprint density at radius 2 is 2.20 bits per heavy atom. The highest BCUT2D eigenvalue weighted by molar-refractivity contribution is 5.75. The second kappa shape index (κ2) is 6.29. The van der Waals surface area contributed by atoms with Crippen molar-refractivity contribution in [2.24, 2.45) is 11.3 Å². The van der Waals surface area contributed by atoms with Crippen LogP contribution < -0.4 is 4.74 Å². The van der Waals surface area contributed by atoms with Crippen LogP contribution in [0.2, 0.25) is 0 Å². The van der Waals surface area contributed by atoms with Crippen LogP contribution in [0, 0.1) is 11.3 Å². The van der Waals surface area contributed by atoms with Gasteiger partial charge in [0.15, 0.2) is 0 Å². The second-order valence-corrected chi connectivity index (χ2v) is 5.94. The van der Waals surface area contributed by atoms with Crippen molar-refractivity contribution in [3.05, 3.63) is 29.8 Å². The number of benzene rings is 1. The third-order valence-electron chi connectivity index (χ3n) is 4.70. The molecule has 1 aromatic carbocycles. The molecule has 20 heavy (non-hydrogen) atoms. The zero-order valence-electron chi connectivity index (χ0n) is 12.4. The Morgan fingerprint density at radius 1 is 1.45 bits per heavy atom. The first kappa shape index (κ1) is 14.9. The molecule has 1 saturated carbocycles. The minimum absolute atomic E-state index is 0.537. The quantitative estimate of drug-likeness (QED) is 0.887. The molecule has 1 aliphatic carbocycles. The van der Waals surface area contributed by atoms with Crippen molar-refractivity contribution < 1.29 is 14.6 Å². The van der Waals surface area contributed by atoms with E-state index in [1.54, 1.807) is 7.11 Å². The highest BCUT2D eigenvalue weighted by atomic mass is 16.5. The van der Waals surface area contributed by atoms with Crippen molar-refractivity contribution in [2.45, 2.75) is 45.4 Å². The number of hydrogen-bond donors (Lipinski definition) is 1. The van der Waals surface area contributed by atoms with Gasteiger partial charge in [0.25, 0.3) is 0 Å². The molecule has 0 spiro atoms. The molecule has 0 amide bonds. The monoisotopic (exact) mass is 276 g/mol. The first-order valence-corrected chi connectivity index (χ1v) is 7.46. The smallest absolute Gasteiger partial charge is 0.309 e. The molecule has 0 aromatic heterocycles. The van der Waals surface area contributed by atoms with Gasteiger partial charge in [-0.05, 0) is 36.8 Å². The molecule has 3 nitrogen and oxygen atoms in total. The van der Waals surface area contributed by atoms with Crippen LogP contribution in [0.4, 0.5) is 0 Å². The van der Waals surface area contributed by atoms with Gasteiger partial charge in [0.2, 0.25) is 0 Å². The highest BCUT2D eigenvalue weighted by Crippen LogP contribution is 2.44. The summed E-state index contributed by atoms with van der Waals surface area (Å²) in [4.78, 5) is 11.9. The van der Waals surface area contributed by atoms with E-state index in [1.165, 1.54) is 0 Å². The summed E-state index contributed by atoms with van der Waals surface area (Å²) < 4.78 is 5.37. The molecular formula is C17H24O3. The normalized spacial score (nSPS) is 26.2. The van der Waals surface area contributed by atoms with E-state index in [-0.39, 0.29) is 0 Å². The number of carboxylic acid groups (broad SMARTS) is 1. The standard InChI is InChI=1S/C17H24O3/c1-3-13-7-6-10-17(11-13,16(18)19)12-14-8-4-5-9-15(14)20-2/h4-5,8-9,13H,3,6-7,10-12H2,1-2H3,(H,18,19). The van der Waals surface area contributed by atoms with Gasteiger partial charge < -0.3 is 9.84 Å². The lowest BCUT2D eigenvalue weighted by molar-refractivity contribution is -0.152. The van der Waals surface area contributed by atoms with Gasteiger partial charge in [-0.25, -0.2) is 0 Å². The molecule has 1 aromatic rings. The van der Waals surface area contributed by atoms with Crippen molar-refractivity contribution in [2.75, 3.05) is 7.11 Å². The summed E-state index contributed by atoms with van der Waals surface area (Å²) in [5, 5.41) is 9.79. The SMILES string of the molecule is CCC1CCCC(Cc2ccccc2OC)(C(=O)O)C1. The average Bonchev–Trinajstić information content (AvgIpc) is 2.48. The van der Waals surface area contributed by atoms with Crippen LogP contribution >= 0.6 is 0 Å². The van der Waals surface area contributed by atoms with Gasteiger partial charge in [-0.1, -0.05) is 44.4 Å². The fraction of sp³-hybridized carbons (Fsp3) is 0.588. The summed E-state index contributed by atoms with van der Waals surface area (Å²) in [6.45, 7) is 2.16. The maximum absolute atomic E-state index is 11.9. The van der Waals surface area contributed by atoms with Crippen LogP contribution in [0.15, 0.2) is 24.3 Å². The predicted molar refractivity (Wildman–Crippen MR) is 79.0 cm³/mol. The van der Waals surface area contributed by atoms with Crippen molar-refractivity contribution in [1.82, 2.24) is 0 Å². The first-order valence-electron chi connectivity index (χ1n) is 7.46. The molecule has 0 aliphatic heterocycles. The molecule has 0 heterocycles. The van der Waals surface area contributed by atoms with Gasteiger partial charge in [0, 0.05) is 0 Å². The molecule has 110 valence electrons. The number of para-hydroxylation sites is 1. The molecule has 0 saturated heterocycles.